The van der Waals surface area contributed by atoms with E-state index in [2.05, 4.69) is 43.3 Å². The topological polar surface area (TPSA) is 69.6 Å². The van der Waals surface area contributed by atoms with Crippen molar-refractivity contribution in [2.75, 3.05) is 0 Å². The summed E-state index contributed by atoms with van der Waals surface area (Å²) in [5.74, 6) is 1.91. The highest BCUT2D eigenvalue weighted by molar-refractivity contribution is 9.09. The van der Waals surface area contributed by atoms with Gasteiger partial charge in [-0.05, 0) is 19.3 Å². The van der Waals surface area contributed by atoms with Gasteiger partial charge in [-0.15, -0.1) is 5.10 Å². The van der Waals surface area contributed by atoms with Gasteiger partial charge < -0.3 is 4.52 Å². The summed E-state index contributed by atoms with van der Waals surface area (Å²) in [6.07, 6.45) is 5.22. The Morgan fingerprint density at radius 1 is 1.56 bits per heavy atom. The van der Waals surface area contributed by atoms with Crippen molar-refractivity contribution in [2.24, 2.45) is 0 Å². The van der Waals surface area contributed by atoms with Gasteiger partial charge >= 0.3 is 0 Å². The minimum absolute atomic E-state index is 0.249. The lowest BCUT2D eigenvalue weighted by atomic mass is 10.3. The largest absolute Gasteiger partial charge is 0.339 e. The number of nitrogens with zero attached hydrogens (tertiary/aromatic N) is 5. The van der Waals surface area contributed by atoms with E-state index in [9.17, 15) is 0 Å². The summed E-state index contributed by atoms with van der Waals surface area (Å²) in [7, 11) is 0. The molecule has 1 atom stereocenters. The van der Waals surface area contributed by atoms with E-state index in [0.717, 1.165) is 30.8 Å². The average Bonchev–Trinajstić information content (AvgIpc) is 2.96. The Bertz CT molecular complexity index is 533. The van der Waals surface area contributed by atoms with Crippen molar-refractivity contribution in [1.29, 1.82) is 0 Å². The third-order valence-corrected chi connectivity index (χ3v) is 4.07. The fourth-order valence-electron chi connectivity index (χ4n) is 1.72. The average molecular weight is 312 g/mol. The van der Waals surface area contributed by atoms with Gasteiger partial charge in [0.25, 0.3) is 0 Å². The van der Waals surface area contributed by atoms with Gasteiger partial charge in [0.15, 0.2) is 5.82 Å². The van der Waals surface area contributed by atoms with Crippen LogP contribution in [0.25, 0.3) is 0 Å². The highest BCUT2D eigenvalue weighted by Crippen LogP contribution is 2.38. The van der Waals surface area contributed by atoms with E-state index in [-0.39, 0.29) is 4.83 Å². The molecule has 0 radical (unpaired) electrons. The first kappa shape index (κ1) is 11.8. The van der Waals surface area contributed by atoms with Crippen LogP contribution in [0, 0.1) is 0 Å². The number of hydrogen-bond acceptors (Lipinski definition) is 5. The number of alkyl halides is 1. The van der Waals surface area contributed by atoms with E-state index >= 15 is 0 Å². The lowest BCUT2D eigenvalue weighted by molar-refractivity contribution is 0.372. The first-order valence-corrected chi connectivity index (χ1v) is 7.04. The Kier molecular flexibility index (Phi) is 3.15. The summed E-state index contributed by atoms with van der Waals surface area (Å²) < 4.78 is 6.94. The maximum Gasteiger partial charge on any atom is 0.229 e. The second-order valence-electron chi connectivity index (χ2n) is 4.54. The normalized spacial score (nSPS) is 17.0. The molecular formula is C11H14BrN5O. The SMILES string of the molecule is CCC(Br)c1cn(Cc2noc(C3CC3)n2)nn1. The molecule has 6 nitrogen and oxygen atoms in total. The van der Waals surface area contributed by atoms with Crippen molar-refractivity contribution in [3.05, 3.63) is 23.6 Å². The zero-order valence-corrected chi connectivity index (χ0v) is 11.7. The molecular weight excluding hydrogens is 298 g/mol. The molecule has 1 aliphatic carbocycles. The standard InChI is InChI=1S/C11H14BrN5O/c1-2-8(12)9-5-17(16-14-9)6-10-13-11(18-15-10)7-3-4-7/h5,7-8H,2-4,6H2,1H3. The smallest absolute Gasteiger partial charge is 0.229 e. The first-order valence-electron chi connectivity index (χ1n) is 6.13. The van der Waals surface area contributed by atoms with Gasteiger partial charge in [0, 0.05) is 5.92 Å². The first-order chi connectivity index (χ1) is 8.76. The molecule has 2 aromatic heterocycles. The highest BCUT2D eigenvalue weighted by atomic mass is 79.9. The summed E-state index contributed by atoms with van der Waals surface area (Å²) in [5.41, 5.74) is 0.934. The Balaban J connectivity index is 1.69. The minimum atomic E-state index is 0.249. The summed E-state index contributed by atoms with van der Waals surface area (Å²) in [4.78, 5) is 4.61. The summed E-state index contributed by atoms with van der Waals surface area (Å²) >= 11 is 3.55. The Hall–Kier alpha value is -1.24. The van der Waals surface area contributed by atoms with Crippen LogP contribution < -0.4 is 0 Å². The molecule has 2 aromatic rings. The molecule has 0 aliphatic heterocycles. The summed E-state index contributed by atoms with van der Waals surface area (Å²) in [6, 6.07) is 0. The van der Waals surface area contributed by atoms with Crippen molar-refractivity contribution in [2.45, 2.75) is 43.5 Å². The van der Waals surface area contributed by atoms with Gasteiger partial charge in [-0.3, -0.25) is 0 Å². The second-order valence-corrected chi connectivity index (χ2v) is 5.65. The quantitative estimate of drug-likeness (QED) is 0.793. The van der Waals surface area contributed by atoms with Crippen LogP contribution in [-0.2, 0) is 6.54 Å². The van der Waals surface area contributed by atoms with Crippen LogP contribution in [0.2, 0.25) is 0 Å². The van der Waals surface area contributed by atoms with Crippen LogP contribution in [0.15, 0.2) is 10.7 Å². The van der Waals surface area contributed by atoms with E-state index in [4.69, 9.17) is 4.52 Å². The van der Waals surface area contributed by atoms with Gasteiger partial charge in [0.1, 0.15) is 6.54 Å². The van der Waals surface area contributed by atoms with Crippen molar-refractivity contribution < 1.29 is 4.52 Å². The lowest BCUT2D eigenvalue weighted by Gasteiger charge is -1.98. The van der Waals surface area contributed by atoms with Gasteiger partial charge in [-0.1, -0.05) is 33.2 Å². The molecule has 0 saturated heterocycles. The van der Waals surface area contributed by atoms with Gasteiger partial charge in [0.05, 0.1) is 16.7 Å². The second kappa shape index (κ2) is 4.79. The van der Waals surface area contributed by atoms with Crippen LogP contribution >= 0.6 is 15.9 Å². The van der Waals surface area contributed by atoms with Crippen molar-refractivity contribution in [1.82, 2.24) is 25.1 Å². The molecule has 0 spiro atoms. The number of halogens is 1. The Labute approximate surface area is 113 Å². The molecule has 1 fully saturated rings. The maximum atomic E-state index is 5.20. The minimum Gasteiger partial charge on any atom is -0.339 e. The molecule has 3 rings (SSSR count). The summed E-state index contributed by atoms with van der Waals surface area (Å²) in [5, 5.41) is 12.1. The molecule has 7 heteroatoms. The molecule has 1 unspecified atom stereocenters. The molecule has 2 heterocycles. The molecule has 1 saturated carbocycles. The zero-order chi connectivity index (χ0) is 12.5. The fourth-order valence-corrected chi connectivity index (χ4v) is 1.93. The van der Waals surface area contributed by atoms with Crippen molar-refractivity contribution in [3.8, 4) is 0 Å². The highest BCUT2D eigenvalue weighted by Gasteiger charge is 2.29. The van der Waals surface area contributed by atoms with Crippen molar-refractivity contribution in [3.63, 3.8) is 0 Å². The van der Waals surface area contributed by atoms with Crippen molar-refractivity contribution >= 4 is 15.9 Å². The zero-order valence-electron chi connectivity index (χ0n) is 10.1. The van der Waals surface area contributed by atoms with Crippen LogP contribution in [0.5, 0.6) is 0 Å². The number of rotatable bonds is 5. The molecule has 0 N–H and O–H groups in total. The van der Waals surface area contributed by atoms with Crippen LogP contribution in [0.1, 0.15) is 54.3 Å². The third kappa shape index (κ3) is 2.45. The lowest BCUT2D eigenvalue weighted by Crippen LogP contribution is -2.02. The van der Waals surface area contributed by atoms with E-state index < -0.39 is 0 Å². The molecule has 0 bridgehead atoms. The predicted octanol–water partition coefficient (Wildman–Crippen LogP) is 2.43. The molecule has 18 heavy (non-hydrogen) atoms. The fraction of sp³-hybridized carbons (Fsp3) is 0.636. The summed E-state index contributed by atoms with van der Waals surface area (Å²) in [6.45, 7) is 2.60. The van der Waals surface area contributed by atoms with E-state index in [1.54, 1.807) is 4.68 Å². The third-order valence-electron chi connectivity index (χ3n) is 2.95. The molecule has 0 amide bonds. The number of hydrogen-bond donors (Lipinski definition) is 0. The van der Waals surface area contributed by atoms with E-state index in [0.29, 0.717) is 18.3 Å². The van der Waals surface area contributed by atoms with Gasteiger partial charge in [-0.2, -0.15) is 4.98 Å². The molecule has 96 valence electrons. The maximum absolute atomic E-state index is 5.20. The molecule has 0 aromatic carbocycles. The van der Waals surface area contributed by atoms with E-state index in [1.807, 2.05) is 6.20 Å². The Morgan fingerprint density at radius 2 is 2.39 bits per heavy atom. The van der Waals surface area contributed by atoms with E-state index in [1.165, 1.54) is 0 Å². The van der Waals surface area contributed by atoms with Gasteiger partial charge in [-0.25, -0.2) is 4.68 Å². The molecule has 1 aliphatic rings. The van der Waals surface area contributed by atoms with Crippen LogP contribution in [0.3, 0.4) is 0 Å². The Morgan fingerprint density at radius 3 is 3.11 bits per heavy atom. The van der Waals surface area contributed by atoms with Gasteiger partial charge in [0.2, 0.25) is 5.89 Å². The monoisotopic (exact) mass is 311 g/mol. The van der Waals surface area contributed by atoms with Crippen LogP contribution in [-0.4, -0.2) is 25.1 Å². The predicted molar refractivity (Wildman–Crippen MR) is 67.4 cm³/mol. The van der Waals surface area contributed by atoms with Crippen LogP contribution in [0.4, 0.5) is 0 Å². The number of aromatic nitrogens is 5.